The monoisotopic (exact) mass is 321 g/mol. The lowest BCUT2D eigenvalue weighted by molar-refractivity contribution is 0.200. The molecule has 0 aromatic carbocycles. The number of hydrogen-bond donors (Lipinski definition) is 0. The summed E-state index contributed by atoms with van der Waals surface area (Å²) in [6.07, 6.45) is 4.11. The molecule has 0 saturated carbocycles. The number of aromatic nitrogens is 1. The Morgan fingerprint density at radius 1 is 1.50 bits per heavy atom. The van der Waals surface area contributed by atoms with Crippen molar-refractivity contribution in [2.75, 3.05) is 0 Å². The minimum Gasteiger partial charge on any atom is -0.474 e. The van der Waals surface area contributed by atoms with E-state index in [1.165, 1.54) is 0 Å². The average Bonchev–Trinajstić information content (AvgIpc) is 2.10. The van der Waals surface area contributed by atoms with E-state index in [4.69, 9.17) is 4.74 Å². The molecular formula is C10H13Br2NO. The molecule has 0 aliphatic rings. The molecule has 0 amide bonds. The van der Waals surface area contributed by atoms with Crippen molar-refractivity contribution in [3.05, 3.63) is 21.2 Å². The van der Waals surface area contributed by atoms with Crippen LogP contribution >= 0.6 is 31.9 Å². The fraction of sp³-hybridized carbons (Fsp3) is 0.500. The van der Waals surface area contributed by atoms with Crippen molar-refractivity contribution < 1.29 is 4.74 Å². The standard InChI is InChI=1S/C10H13Br2NO/c1-3-4-7(2)14-10-9(12)5-8(11)6-13-10/h5-7H,3-4H2,1-2H3. The molecule has 1 aromatic heterocycles. The zero-order valence-electron chi connectivity index (χ0n) is 8.26. The van der Waals surface area contributed by atoms with E-state index in [-0.39, 0.29) is 6.10 Å². The second kappa shape index (κ2) is 5.71. The van der Waals surface area contributed by atoms with E-state index >= 15 is 0 Å². The molecule has 0 radical (unpaired) electrons. The Labute approximate surface area is 101 Å². The zero-order chi connectivity index (χ0) is 10.6. The fourth-order valence-electron chi connectivity index (χ4n) is 1.14. The van der Waals surface area contributed by atoms with Gasteiger partial charge in [-0.3, -0.25) is 0 Å². The van der Waals surface area contributed by atoms with Crippen LogP contribution in [0.3, 0.4) is 0 Å². The van der Waals surface area contributed by atoms with Crippen LogP contribution in [0.15, 0.2) is 21.2 Å². The van der Waals surface area contributed by atoms with Gasteiger partial charge in [-0.15, -0.1) is 0 Å². The number of pyridine rings is 1. The molecule has 0 bridgehead atoms. The minimum atomic E-state index is 0.213. The van der Waals surface area contributed by atoms with Gasteiger partial charge in [0, 0.05) is 10.7 Å². The summed E-state index contributed by atoms with van der Waals surface area (Å²) in [7, 11) is 0. The largest absolute Gasteiger partial charge is 0.474 e. The molecule has 0 aliphatic carbocycles. The van der Waals surface area contributed by atoms with Gasteiger partial charge in [-0.1, -0.05) is 13.3 Å². The molecule has 78 valence electrons. The lowest BCUT2D eigenvalue weighted by Gasteiger charge is -2.13. The maximum Gasteiger partial charge on any atom is 0.228 e. The Kier molecular flexibility index (Phi) is 4.89. The first-order chi connectivity index (χ1) is 6.63. The summed E-state index contributed by atoms with van der Waals surface area (Å²) in [5.74, 6) is 0.661. The third kappa shape index (κ3) is 3.58. The highest BCUT2D eigenvalue weighted by molar-refractivity contribution is 9.11. The Bertz CT molecular complexity index is 304. The van der Waals surface area contributed by atoms with Crippen LogP contribution in [0.25, 0.3) is 0 Å². The van der Waals surface area contributed by atoms with Crippen molar-refractivity contribution in [2.45, 2.75) is 32.8 Å². The Morgan fingerprint density at radius 3 is 2.79 bits per heavy atom. The second-order valence-corrected chi connectivity index (χ2v) is 4.93. The first-order valence-corrected chi connectivity index (χ1v) is 6.19. The van der Waals surface area contributed by atoms with Crippen molar-refractivity contribution in [1.29, 1.82) is 0 Å². The van der Waals surface area contributed by atoms with Gasteiger partial charge in [0.25, 0.3) is 0 Å². The smallest absolute Gasteiger partial charge is 0.228 e. The molecule has 1 rings (SSSR count). The second-order valence-electron chi connectivity index (χ2n) is 3.16. The number of halogens is 2. The molecular weight excluding hydrogens is 310 g/mol. The van der Waals surface area contributed by atoms with Gasteiger partial charge >= 0.3 is 0 Å². The lowest BCUT2D eigenvalue weighted by atomic mass is 10.2. The number of ether oxygens (including phenoxy) is 1. The molecule has 14 heavy (non-hydrogen) atoms. The van der Waals surface area contributed by atoms with E-state index in [0.717, 1.165) is 21.8 Å². The summed E-state index contributed by atoms with van der Waals surface area (Å²) in [4.78, 5) is 4.18. The molecule has 0 saturated heterocycles. The number of rotatable bonds is 4. The van der Waals surface area contributed by atoms with E-state index < -0.39 is 0 Å². The summed E-state index contributed by atoms with van der Waals surface area (Å²) in [5, 5.41) is 0. The topological polar surface area (TPSA) is 22.1 Å². The third-order valence-corrected chi connectivity index (χ3v) is 2.78. The maximum atomic E-state index is 5.66. The van der Waals surface area contributed by atoms with Crippen LogP contribution in [0.4, 0.5) is 0 Å². The van der Waals surface area contributed by atoms with Crippen LogP contribution in [0, 0.1) is 0 Å². The molecule has 1 aromatic rings. The van der Waals surface area contributed by atoms with Crippen LogP contribution in [0.5, 0.6) is 5.88 Å². The summed E-state index contributed by atoms with van der Waals surface area (Å²) in [6.45, 7) is 4.20. The van der Waals surface area contributed by atoms with E-state index in [1.54, 1.807) is 6.20 Å². The number of nitrogens with zero attached hydrogens (tertiary/aromatic N) is 1. The van der Waals surface area contributed by atoms with Crippen LogP contribution in [-0.2, 0) is 0 Å². The molecule has 0 fully saturated rings. The predicted octanol–water partition coefficient (Wildman–Crippen LogP) is 4.17. The minimum absolute atomic E-state index is 0.213. The van der Waals surface area contributed by atoms with Gasteiger partial charge in [0.15, 0.2) is 0 Å². The predicted molar refractivity (Wildman–Crippen MR) is 64.6 cm³/mol. The average molecular weight is 323 g/mol. The van der Waals surface area contributed by atoms with Crippen LogP contribution in [0.2, 0.25) is 0 Å². The van der Waals surface area contributed by atoms with Crippen molar-refractivity contribution >= 4 is 31.9 Å². The van der Waals surface area contributed by atoms with Crippen LogP contribution in [0.1, 0.15) is 26.7 Å². The normalized spacial score (nSPS) is 12.6. The lowest BCUT2D eigenvalue weighted by Crippen LogP contribution is -2.12. The molecule has 0 aliphatic heterocycles. The highest BCUT2D eigenvalue weighted by Crippen LogP contribution is 2.26. The van der Waals surface area contributed by atoms with Crippen molar-refractivity contribution in [3.63, 3.8) is 0 Å². The van der Waals surface area contributed by atoms with Gasteiger partial charge in [0.2, 0.25) is 5.88 Å². The molecule has 2 nitrogen and oxygen atoms in total. The van der Waals surface area contributed by atoms with E-state index in [2.05, 4.69) is 50.7 Å². The van der Waals surface area contributed by atoms with Gasteiger partial charge in [-0.2, -0.15) is 0 Å². The Hall–Kier alpha value is -0.0900. The maximum absolute atomic E-state index is 5.66. The fourth-order valence-corrected chi connectivity index (χ4v) is 2.23. The summed E-state index contributed by atoms with van der Waals surface area (Å²) in [6, 6.07) is 1.93. The quantitative estimate of drug-likeness (QED) is 0.829. The van der Waals surface area contributed by atoms with Crippen molar-refractivity contribution in [2.24, 2.45) is 0 Å². The first kappa shape index (κ1) is 12.0. The SMILES string of the molecule is CCCC(C)Oc1ncc(Br)cc1Br. The van der Waals surface area contributed by atoms with Gasteiger partial charge < -0.3 is 4.74 Å². The number of hydrogen-bond acceptors (Lipinski definition) is 2. The Balaban J connectivity index is 2.67. The highest BCUT2D eigenvalue weighted by atomic mass is 79.9. The third-order valence-electron chi connectivity index (χ3n) is 1.78. The van der Waals surface area contributed by atoms with Crippen LogP contribution in [-0.4, -0.2) is 11.1 Å². The summed E-state index contributed by atoms with van der Waals surface area (Å²) in [5.41, 5.74) is 0. The van der Waals surface area contributed by atoms with Crippen molar-refractivity contribution in [3.8, 4) is 5.88 Å². The van der Waals surface area contributed by atoms with Gasteiger partial charge in [0.05, 0.1) is 10.6 Å². The van der Waals surface area contributed by atoms with Gasteiger partial charge in [0.1, 0.15) is 0 Å². The van der Waals surface area contributed by atoms with Crippen molar-refractivity contribution in [1.82, 2.24) is 4.98 Å². The molecule has 0 N–H and O–H groups in total. The molecule has 1 atom stereocenters. The van der Waals surface area contributed by atoms with Gasteiger partial charge in [-0.05, 0) is 51.3 Å². The molecule has 0 spiro atoms. The molecule has 1 unspecified atom stereocenters. The summed E-state index contributed by atoms with van der Waals surface area (Å²) < 4.78 is 7.49. The Morgan fingerprint density at radius 2 is 2.21 bits per heavy atom. The van der Waals surface area contributed by atoms with E-state index in [1.807, 2.05) is 6.07 Å². The highest BCUT2D eigenvalue weighted by Gasteiger charge is 2.07. The first-order valence-electron chi connectivity index (χ1n) is 4.61. The zero-order valence-corrected chi connectivity index (χ0v) is 11.4. The van der Waals surface area contributed by atoms with Crippen LogP contribution < -0.4 is 4.74 Å². The van der Waals surface area contributed by atoms with E-state index in [0.29, 0.717) is 5.88 Å². The molecule has 1 heterocycles. The summed E-state index contributed by atoms with van der Waals surface area (Å²) >= 11 is 6.75. The van der Waals surface area contributed by atoms with Gasteiger partial charge in [-0.25, -0.2) is 4.98 Å². The molecule has 4 heteroatoms. The van der Waals surface area contributed by atoms with E-state index in [9.17, 15) is 0 Å².